The second-order valence-corrected chi connectivity index (χ2v) is 5.37. The van der Waals surface area contributed by atoms with Gasteiger partial charge in [0.1, 0.15) is 6.61 Å². The summed E-state index contributed by atoms with van der Waals surface area (Å²) in [5.74, 6) is 2.92. The van der Waals surface area contributed by atoms with Gasteiger partial charge in [-0.2, -0.15) is 15.3 Å². The van der Waals surface area contributed by atoms with Crippen LogP contribution in [0.4, 0.5) is 0 Å². The highest BCUT2D eigenvalue weighted by Crippen LogP contribution is 2.37. The van der Waals surface area contributed by atoms with E-state index in [0.29, 0.717) is 57.0 Å². The fourth-order valence-corrected chi connectivity index (χ4v) is 2.01. The van der Waals surface area contributed by atoms with Crippen LogP contribution in [-0.2, 0) is 16.1 Å². The van der Waals surface area contributed by atoms with E-state index >= 15 is 0 Å². The molecular formula is C16H21N5O3. The number of amides is 1. The van der Waals surface area contributed by atoms with Gasteiger partial charge in [-0.15, -0.1) is 17.4 Å². The van der Waals surface area contributed by atoms with Gasteiger partial charge < -0.3 is 14.8 Å². The van der Waals surface area contributed by atoms with Gasteiger partial charge in [0.15, 0.2) is 5.66 Å². The van der Waals surface area contributed by atoms with Crippen molar-refractivity contribution in [2.75, 3.05) is 20.3 Å². The summed E-state index contributed by atoms with van der Waals surface area (Å²) < 4.78 is 10.2. The lowest BCUT2D eigenvalue weighted by Crippen LogP contribution is -2.25. The molecule has 0 aliphatic carbocycles. The largest absolute Gasteiger partial charge is 0.474 e. The van der Waals surface area contributed by atoms with Gasteiger partial charge >= 0.3 is 0 Å². The molecule has 0 atom stereocenters. The van der Waals surface area contributed by atoms with E-state index in [9.17, 15) is 4.79 Å². The van der Waals surface area contributed by atoms with E-state index in [1.54, 1.807) is 19.2 Å². The molecule has 0 radical (unpaired) electrons. The Bertz CT molecular complexity index is 603. The van der Waals surface area contributed by atoms with Crippen molar-refractivity contribution < 1.29 is 14.3 Å². The van der Waals surface area contributed by atoms with E-state index in [4.69, 9.17) is 15.9 Å². The van der Waals surface area contributed by atoms with Gasteiger partial charge in [-0.1, -0.05) is 0 Å². The predicted octanol–water partition coefficient (Wildman–Crippen LogP) is 1.47. The number of methoxy groups -OCH3 is 1. The van der Waals surface area contributed by atoms with E-state index in [0.717, 1.165) is 0 Å². The van der Waals surface area contributed by atoms with Gasteiger partial charge in [-0.05, 0) is 6.07 Å². The number of rotatable bonds is 11. The number of aromatic nitrogens is 2. The third kappa shape index (κ3) is 5.93. The van der Waals surface area contributed by atoms with Gasteiger partial charge in [-0.3, -0.25) is 4.79 Å². The van der Waals surface area contributed by atoms with E-state index in [1.165, 1.54) is 0 Å². The van der Waals surface area contributed by atoms with Crippen molar-refractivity contribution in [3.05, 3.63) is 17.8 Å². The number of hydrogen-bond donors (Lipinski definition) is 1. The lowest BCUT2D eigenvalue weighted by molar-refractivity contribution is -0.121. The van der Waals surface area contributed by atoms with E-state index < -0.39 is 5.66 Å². The van der Waals surface area contributed by atoms with Crippen LogP contribution >= 0.6 is 0 Å². The summed E-state index contributed by atoms with van der Waals surface area (Å²) in [6.07, 6.45) is 7.48. The summed E-state index contributed by atoms with van der Waals surface area (Å²) in [5.41, 5.74) is 0.232. The van der Waals surface area contributed by atoms with Crippen LogP contribution in [0.3, 0.4) is 0 Å². The molecule has 0 unspecified atom stereocenters. The molecule has 1 amide bonds. The monoisotopic (exact) mass is 331 g/mol. The van der Waals surface area contributed by atoms with Crippen molar-refractivity contribution in [2.45, 2.75) is 37.9 Å². The second-order valence-electron chi connectivity index (χ2n) is 5.37. The van der Waals surface area contributed by atoms with Crippen LogP contribution in [0.1, 0.15) is 31.4 Å². The summed E-state index contributed by atoms with van der Waals surface area (Å²) in [6.45, 7) is 1.22. The van der Waals surface area contributed by atoms with Crippen molar-refractivity contribution in [3.8, 4) is 18.2 Å². The topological polar surface area (TPSA) is 98.1 Å². The molecular weight excluding hydrogens is 310 g/mol. The van der Waals surface area contributed by atoms with Gasteiger partial charge in [0.05, 0.1) is 18.8 Å². The lowest BCUT2D eigenvalue weighted by atomic mass is 10.0. The number of carbonyl (C=O) groups is 1. The SMILES string of the molecule is C#CCCC1(CCC(=O)NCc2ccc(OCCOC)nn2)N=N1. The second kappa shape index (κ2) is 8.93. The molecule has 128 valence electrons. The number of nitrogens with one attached hydrogen (secondary N) is 1. The number of carbonyl (C=O) groups excluding carboxylic acids is 1. The molecule has 0 aromatic carbocycles. The Morgan fingerprint density at radius 1 is 1.29 bits per heavy atom. The highest BCUT2D eigenvalue weighted by atomic mass is 16.5. The third-order valence-corrected chi connectivity index (χ3v) is 3.50. The average molecular weight is 331 g/mol. The Morgan fingerprint density at radius 3 is 2.75 bits per heavy atom. The Balaban J connectivity index is 1.65. The van der Waals surface area contributed by atoms with Gasteiger partial charge in [0.25, 0.3) is 0 Å². The Morgan fingerprint density at radius 2 is 2.12 bits per heavy atom. The number of nitrogens with zero attached hydrogens (tertiary/aromatic N) is 4. The fourth-order valence-electron chi connectivity index (χ4n) is 2.01. The normalized spacial score (nSPS) is 14.0. The van der Waals surface area contributed by atoms with Crippen molar-refractivity contribution in [1.29, 1.82) is 0 Å². The van der Waals surface area contributed by atoms with Crippen LogP contribution in [0.2, 0.25) is 0 Å². The standard InChI is InChI=1S/C16H21N5O3/c1-3-4-8-16(20-21-16)9-7-14(22)17-12-13-5-6-15(19-18-13)24-11-10-23-2/h1,5-6H,4,7-12H2,2H3,(H,17,22). The molecule has 0 spiro atoms. The van der Waals surface area contributed by atoms with Crippen LogP contribution in [-0.4, -0.2) is 42.1 Å². The minimum Gasteiger partial charge on any atom is -0.474 e. The number of hydrogen-bond acceptors (Lipinski definition) is 7. The number of ether oxygens (including phenoxy) is 2. The number of terminal acetylenes is 1. The molecule has 2 rings (SSSR count). The van der Waals surface area contributed by atoms with E-state index in [2.05, 4.69) is 31.7 Å². The van der Waals surface area contributed by atoms with Crippen LogP contribution < -0.4 is 10.1 Å². The Labute approximate surface area is 141 Å². The first-order valence-corrected chi connectivity index (χ1v) is 7.76. The first-order chi connectivity index (χ1) is 11.7. The zero-order valence-electron chi connectivity index (χ0n) is 13.7. The summed E-state index contributed by atoms with van der Waals surface area (Å²) in [4.78, 5) is 11.9. The molecule has 0 bridgehead atoms. The van der Waals surface area contributed by atoms with Crippen molar-refractivity contribution in [2.24, 2.45) is 10.2 Å². The molecule has 1 aliphatic heterocycles. The summed E-state index contributed by atoms with van der Waals surface area (Å²) in [7, 11) is 1.60. The van der Waals surface area contributed by atoms with Crippen molar-refractivity contribution in [1.82, 2.24) is 15.5 Å². The van der Waals surface area contributed by atoms with Crippen LogP contribution in [0.15, 0.2) is 22.4 Å². The molecule has 1 aromatic rings. The first-order valence-electron chi connectivity index (χ1n) is 7.76. The molecule has 1 aliphatic rings. The first kappa shape index (κ1) is 17.8. The van der Waals surface area contributed by atoms with Gasteiger partial charge in [0.2, 0.25) is 11.8 Å². The quantitative estimate of drug-likeness (QED) is 0.489. The molecule has 0 fully saturated rings. The summed E-state index contributed by atoms with van der Waals surface area (Å²) in [5, 5.41) is 18.7. The Kier molecular flexibility index (Phi) is 6.63. The molecule has 1 aromatic heterocycles. The molecule has 2 heterocycles. The van der Waals surface area contributed by atoms with E-state index in [1.807, 2.05) is 0 Å². The van der Waals surface area contributed by atoms with Crippen molar-refractivity contribution >= 4 is 5.91 Å². The van der Waals surface area contributed by atoms with Crippen LogP contribution in [0.5, 0.6) is 5.88 Å². The molecule has 0 saturated heterocycles. The van der Waals surface area contributed by atoms with E-state index in [-0.39, 0.29) is 5.91 Å². The minimum atomic E-state index is -0.426. The average Bonchev–Trinajstić information content (AvgIpc) is 3.38. The minimum absolute atomic E-state index is 0.0744. The smallest absolute Gasteiger partial charge is 0.233 e. The molecule has 0 saturated carbocycles. The highest BCUT2D eigenvalue weighted by molar-refractivity contribution is 5.75. The van der Waals surface area contributed by atoms with Crippen molar-refractivity contribution in [3.63, 3.8) is 0 Å². The maximum Gasteiger partial charge on any atom is 0.233 e. The zero-order chi connectivity index (χ0) is 17.3. The zero-order valence-corrected chi connectivity index (χ0v) is 13.7. The van der Waals surface area contributed by atoms with Gasteiger partial charge in [0, 0.05) is 38.9 Å². The Hall–Kier alpha value is -2.53. The fraction of sp³-hybridized carbons (Fsp3) is 0.562. The molecule has 1 N–H and O–H groups in total. The van der Waals surface area contributed by atoms with Crippen LogP contribution in [0, 0.1) is 12.3 Å². The predicted molar refractivity (Wildman–Crippen MR) is 86.1 cm³/mol. The molecule has 8 nitrogen and oxygen atoms in total. The van der Waals surface area contributed by atoms with Gasteiger partial charge in [-0.25, -0.2) is 0 Å². The maximum atomic E-state index is 11.9. The summed E-state index contributed by atoms with van der Waals surface area (Å²) in [6, 6.07) is 3.47. The molecule has 24 heavy (non-hydrogen) atoms. The van der Waals surface area contributed by atoms with Crippen LogP contribution in [0.25, 0.3) is 0 Å². The third-order valence-electron chi connectivity index (χ3n) is 3.50. The lowest BCUT2D eigenvalue weighted by Gasteiger charge is -2.09. The maximum absolute atomic E-state index is 11.9. The summed E-state index contributed by atoms with van der Waals surface area (Å²) >= 11 is 0. The highest BCUT2D eigenvalue weighted by Gasteiger charge is 2.39. The molecule has 8 heteroatoms.